The Balaban J connectivity index is 1.54. The molecule has 0 bridgehead atoms. The number of aromatic nitrogens is 2. The summed E-state index contributed by atoms with van der Waals surface area (Å²) in [5.74, 6) is -0.228. The zero-order valence-corrected chi connectivity index (χ0v) is 18.4. The van der Waals surface area contributed by atoms with Crippen molar-refractivity contribution in [3.63, 3.8) is 0 Å². The maximum Gasteiger partial charge on any atom is 0.337 e. The first-order valence-electron chi connectivity index (χ1n) is 11.1. The molecule has 0 unspecified atom stereocenters. The van der Waals surface area contributed by atoms with Crippen LogP contribution < -0.4 is 4.90 Å². The van der Waals surface area contributed by atoms with Gasteiger partial charge in [0.25, 0.3) is 0 Å². The van der Waals surface area contributed by atoms with Gasteiger partial charge in [0.2, 0.25) is 0 Å². The van der Waals surface area contributed by atoms with Crippen molar-refractivity contribution in [3.05, 3.63) is 90.0 Å². The molecular formula is C27H24FN3O2. The van der Waals surface area contributed by atoms with E-state index in [9.17, 15) is 9.18 Å². The summed E-state index contributed by atoms with van der Waals surface area (Å²) < 4.78 is 18.5. The summed E-state index contributed by atoms with van der Waals surface area (Å²) >= 11 is 0. The van der Waals surface area contributed by atoms with Crippen molar-refractivity contribution in [2.75, 3.05) is 25.1 Å². The summed E-state index contributed by atoms with van der Waals surface area (Å²) in [7, 11) is 1.37. The van der Waals surface area contributed by atoms with Gasteiger partial charge >= 0.3 is 5.97 Å². The Morgan fingerprint density at radius 2 is 1.82 bits per heavy atom. The minimum Gasteiger partial charge on any atom is -0.465 e. The molecule has 1 aliphatic heterocycles. The van der Waals surface area contributed by atoms with Crippen LogP contribution in [-0.2, 0) is 4.74 Å². The van der Waals surface area contributed by atoms with Gasteiger partial charge in [0.1, 0.15) is 5.82 Å². The van der Waals surface area contributed by atoms with Crippen molar-refractivity contribution in [3.8, 4) is 11.3 Å². The molecule has 3 heterocycles. The molecule has 4 aromatic rings. The average Bonchev–Trinajstić information content (AvgIpc) is 2.88. The van der Waals surface area contributed by atoms with E-state index in [1.807, 2.05) is 30.5 Å². The van der Waals surface area contributed by atoms with Gasteiger partial charge < -0.3 is 9.64 Å². The molecule has 0 amide bonds. The maximum atomic E-state index is 13.6. The molecule has 166 valence electrons. The minimum absolute atomic E-state index is 0.278. The van der Waals surface area contributed by atoms with Gasteiger partial charge in [-0.3, -0.25) is 4.98 Å². The fourth-order valence-electron chi connectivity index (χ4n) is 4.51. The molecule has 2 aromatic heterocycles. The van der Waals surface area contributed by atoms with E-state index in [-0.39, 0.29) is 11.8 Å². The number of benzene rings is 2. The number of piperidine rings is 1. The summed E-state index contributed by atoms with van der Waals surface area (Å²) in [5, 5.41) is 0.866. The highest BCUT2D eigenvalue weighted by Crippen LogP contribution is 2.36. The van der Waals surface area contributed by atoms with Gasteiger partial charge in [0.05, 0.1) is 29.6 Å². The molecule has 6 heteroatoms. The third-order valence-electron chi connectivity index (χ3n) is 6.28. The normalized spacial score (nSPS) is 14.4. The lowest BCUT2D eigenvalue weighted by Gasteiger charge is -2.34. The van der Waals surface area contributed by atoms with E-state index >= 15 is 0 Å². The van der Waals surface area contributed by atoms with E-state index in [2.05, 4.69) is 22.0 Å². The van der Waals surface area contributed by atoms with E-state index < -0.39 is 0 Å². The van der Waals surface area contributed by atoms with E-state index in [0.29, 0.717) is 11.5 Å². The number of halogens is 1. The molecule has 0 saturated carbocycles. The molecule has 1 saturated heterocycles. The molecule has 0 N–H and O–H groups in total. The van der Waals surface area contributed by atoms with Gasteiger partial charge in [-0.25, -0.2) is 14.2 Å². The molecule has 0 aliphatic carbocycles. The van der Waals surface area contributed by atoms with Crippen LogP contribution in [0.15, 0.2) is 72.9 Å². The van der Waals surface area contributed by atoms with E-state index in [0.717, 1.165) is 59.5 Å². The number of anilines is 1. The summed E-state index contributed by atoms with van der Waals surface area (Å²) in [6.07, 6.45) is 3.82. The van der Waals surface area contributed by atoms with Crippen molar-refractivity contribution in [2.24, 2.45) is 0 Å². The fourth-order valence-corrected chi connectivity index (χ4v) is 4.51. The second-order valence-corrected chi connectivity index (χ2v) is 8.28. The SMILES string of the molecule is COC(=O)c1ccc2nc(-c3ccc(F)cc3)c(N3CCC(c4ccccn4)CC3)cc2c1. The van der Waals surface area contributed by atoms with Gasteiger partial charge in [0, 0.05) is 41.8 Å². The van der Waals surface area contributed by atoms with E-state index in [1.54, 1.807) is 18.2 Å². The Hall–Kier alpha value is -3.80. The van der Waals surface area contributed by atoms with Crippen molar-refractivity contribution in [1.82, 2.24) is 9.97 Å². The number of esters is 1. The molecular weight excluding hydrogens is 417 g/mol. The smallest absolute Gasteiger partial charge is 0.337 e. The van der Waals surface area contributed by atoms with E-state index in [4.69, 9.17) is 9.72 Å². The van der Waals surface area contributed by atoms with Crippen LogP contribution in [0.5, 0.6) is 0 Å². The molecule has 1 aliphatic rings. The van der Waals surface area contributed by atoms with Crippen molar-refractivity contribution >= 4 is 22.6 Å². The molecule has 0 spiro atoms. The van der Waals surface area contributed by atoms with Crippen molar-refractivity contribution < 1.29 is 13.9 Å². The number of hydrogen-bond acceptors (Lipinski definition) is 5. The lowest BCUT2D eigenvalue weighted by Crippen LogP contribution is -2.33. The van der Waals surface area contributed by atoms with Crippen LogP contribution in [0.1, 0.15) is 34.8 Å². The molecule has 2 aromatic carbocycles. The molecule has 5 nitrogen and oxygen atoms in total. The standard InChI is InChI=1S/C27H24FN3O2/c1-33-27(32)20-7-10-24-21(16-20)17-25(26(30-24)19-5-8-22(28)9-6-19)31-14-11-18(12-15-31)23-4-2-3-13-29-23/h2-10,13,16-18H,11-12,14-15H2,1H3. The molecule has 0 radical (unpaired) electrons. The summed E-state index contributed by atoms with van der Waals surface area (Å²) in [5.41, 5.74) is 5.04. The summed E-state index contributed by atoms with van der Waals surface area (Å²) in [6, 6.07) is 19.9. The summed E-state index contributed by atoms with van der Waals surface area (Å²) in [6.45, 7) is 1.72. The second kappa shape index (κ2) is 8.98. The van der Waals surface area contributed by atoms with Crippen LogP contribution >= 0.6 is 0 Å². The molecule has 0 atom stereocenters. The van der Waals surface area contributed by atoms with Crippen molar-refractivity contribution in [2.45, 2.75) is 18.8 Å². The monoisotopic (exact) mass is 441 g/mol. The Kier molecular flexibility index (Phi) is 5.73. The fraction of sp³-hybridized carbons (Fsp3) is 0.222. The van der Waals surface area contributed by atoms with Gasteiger partial charge in [-0.05, 0) is 73.5 Å². The topological polar surface area (TPSA) is 55.3 Å². The van der Waals surface area contributed by atoms with Gasteiger partial charge in [-0.1, -0.05) is 6.07 Å². The molecule has 33 heavy (non-hydrogen) atoms. The first-order valence-corrected chi connectivity index (χ1v) is 11.1. The number of pyridine rings is 2. The van der Waals surface area contributed by atoms with Crippen LogP contribution in [0, 0.1) is 5.82 Å². The van der Waals surface area contributed by atoms with Gasteiger partial charge in [-0.2, -0.15) is 0 Å². The Bertz CT molecular complexity index is 1280. The van der Waals surface area contributed by atoms with E-state index in [1.165, 1.54) is 19.2 Å². The average molecular weight is 442 g/mol. The molecule has 5 rings (SSSR count). The third-order valence-corrected chi connectivity index (χ3v) is 6.28. The number of rotatable bonds is 4. The Morgan fingerprint density at radius 3 is 2.52 bits per heavy atom. The Morgan fingerprint density at radius 1 is 1.03 bits per heavy atom. The van der Waals surface area contributed by atoms with Crippen LogP contribution in [-0.4, -0.2) is 36.1 Å². The minimum atomic E-state index is -0.378. The van der Waals surface area contributed by atoms with Gasteiger partial charge in [0.15, 0.2) is 0 Å². The number of carbonyl (C=O) groups excluding carboxylic acids is 1. The lowest BCUT2D eigenvalue weighted by atomic mass is 9.92. The third kappa shape index (κ3) is 4.29. The first kappa shape index (κ1) is 21.1. The maximum absolute atomic E-state index is 13.6. The van der Waals surface area contributed by atoms with Crippen molar-refractivity contribution in [1.29, 1.82) is 0 Å². The number of methoxy groups -OCH3 is 1. The number of carbonyl (C=O) groups is 1. The zero-order chi connectivity index (χ0) is 22.8. The van der Waals surface area contributed by atoms with Crippen LogP contribution in [0.25, 0.3) is 22.2 Å². The predicted octanol–water partition coefficient (Wildman–Crippen LogP) is 5.61. The molecule has 1 fully saturated rings. The number of fused-ring (bicyclic) bond motifs is 1. The first-order chi connectivity index (χ1) is 16.1. The number of ether oxygens (including phenoxy) is 1. The Labute approximate surface area is 191 Å². The highest BCUT2D eigenvalue weighted by Gasteiger charge is 2.24. The van der Waals surface area contributed by atoms with Crippen LogP contribution in [0.3, 0.4) is 0 Å². The summed E-state index contributed by atoms with van der Waals surface area (Å²) in [4.78, 5) is 23.8. The largest absolute Gasteiger partial charge is 0.465 e. The lowest BCUT2D eigenvalue weighted by molar-refractivity contribution is 0.0601. The highest BCUT2D eigenvalue weighted by atomic mass is 19.1. The number of hydrogen-bond donors (Lipinski definition) is 0. The quantitative estimate of drug-likeness (QED) is 0.386. The predicted molar refractivity (Wildman–Crippen MR) is 127 cm³/mol. The zero-order valence-electron chi connectivity index (χ0n) is 18.4. The van der Waals surface area contributed by atoms with Gasteiger partial charge in [-0.15, -0.1) is 0 Å². The highest BCUT2D eigenvalue weighted by molar-refractivity contribution is 5.96. The second-order valence-electron chi connectivity index (χ2n) is 8.28. The number of nitrogens with zero attached hydrogens (tertiary/aromatic N) is 3. The van der Waals surface area contributed by atoms with Crippen LogP contribution in [0.4, 0.5) is 10.1 Å². The van der Waals surface area contributed by atoms with Crippen LogP contribution in [0.2, 0.25) is 0 Å².